The molecule has 2 aliphatic heterocycles. The fourth-order valence-electron chi connectivity index (χ4n) is 2.73. The highest BCUT2D eigenvalue weighted by Gasteiger charge is 2.46. The van der Waals surface area contributed by atoms with Crippen LogP contribution in [0.15, 0.2) is 18.2 Å². The van der Waals surface area contributed by atoms with Crippen LogP contribution in [0, 0.1) is 10.1 Å². The van der Waals surface area contributed by atoms with Gasteiger partial charge in [0, 0.05) is 19.6 Å². The van der Waals surface area contributed by atoms with Crippen LogP contribution in [0.5, 0.6) is 0 Å². The molecule has 2 unspecified atom stereocenters. The van der Waals surface area contributed by atoms with Crippen LogP contribution < -0.4 is 0 Å². The van der Waals surface area contributed by atoms with Crippen LogP contribution >= 0.6 is 0 Å². The molecule has 25 heavy (non-hydrogen) atoms. The Balaban J connectivity index is 1.84. The van der Waals surface area contributed by atoms with Gasteiger partial charge in [0.25, 0.3) is 17.5 Å². The number of fused-ring (bicyclic) bond motifs is 1. The quantitative estimate of drug-likeness (QED) is 0.441. The Morgan fingerprint density at radius 1 is 1.40 bits per heavy atom. The third-order valence-corrected chi connectivity index (χ3v) is 4.06. The van der Waals surface area contributed by atoms with Crippen molar-refractivity contribution in [2.24, 2.45) is 0 Å². The zero-order chi connectivity index (χ0) is 18.1. The number of carbonyl (C=O) groups excluding carboxylic acids is 2. The number of hydroxylamine groups is 2. The van der Waals surface area contributed by atoms with E-state index < -0.39 is 28.7 Å². The van der Waals surface area contributed by atoms with Crippen molar-refractivity contribution in [1.82, 2.24) is 10.1 Å². The number of rotatable bonds is 5. The standard InChI is InChI=1S/C15H17N3O7/c1-9(23-2)8-16-24-7-6-12(25-16)17-14(19)10-4-3-5-11(18(21)22)13(10)15(17)20/h3-5,9,12H,6-8H2,1-2H3. The highest BCUT2D eigenvalue weighted by atomic mass is 17.0. The van der Waals surface area contributed by atoms with Gasteiger partial charge in [0.15, 0.2) is 6.23 Å². The number of nitro benzene ring substituents is 1. The normalized spacial score (nSPS) is 22.2. The van der Waals surface area contributed by atoms with Crippen LogP contribution in [0.3, 0.4) is 0 Å². The number of imide groups is 1. The van der Waals surface area contributed by atoms with Gasteiger partial charge >= 0.3 is 0 Å². The Morgan fingerprint density at radius 3 is 2.84 bits per heavy atom. The summed E-state index contributed by atoms with van der Waals surface area (Å²) in [4.78, 5) is 47.5. The van der Waals surface area contributed by atoms with Crippen molar-refractivity contribution in [2.45, 2.75) is 25.7 Å². The Labute approximate surface area is 142 Å². The van der Waals surface area contributed by atoms with Crippen LogP contribution in [-0.2, 0) is 14.4 Å². The predicted molar refractivity (Wildman–Crippen MR) is 82.2 cm³/mol. The van der Waals surface area contributed by atoms with Gasteiger partial charge in [0.05, 0.1) is 29.7 Å². The molecule has 134 valence electrons. The number of nitro groups is 1. The fraction of sp³-hybridized carbons (Fsp3) is 0.467. The smallest absolute Gasteiger partial charge is 0.282 e. The molecular formula is C15H17N3O7. The van der Waals surface area contributed by atoms with E-state index >= 15 is 0 Å². The Morgan fingerprint density at radius 2 is 2.16 bits per heavy atom. The van der Waals surface area contributed by atoms with Crippen LogP contribution in [0.25, 0.3) is 0 Å². The number of ether oxygens (including phenoxy) is 1. The first-order valence-corrected chi connectivity index (χ1v) is 7.69. The van der Waals surface area contributed by atoms with Crippen LogP contribution in [0.2, 0.25) is 0 Å². The third-order valence-electron chi connectivity index (χ3n) is 4.06. The highest BCUT2D eigenvalue weighted by molar-refractivity contribution is 6.23. The first kappa shape index (κ1) is 17.4. The Kier molecular flexibility index (Phi) is 4.77. The molecule has 10 heteroatoms. The van der Waals surface area contributed by atoms with E-state index in [9.17, 15) is 19.7 Å². The van der Waals surface area contributed by atoms with E-state index in [4.69, 9.17) is 14.4 Å². The molecule has 0 radical (unpaired) electrons. The average Bonchev–Trinajstić information content (AvgIpc) is 2.86. The summed E-state index contributed by atoms with van der Waals surface area (Å²) in [6.45, 7) is 2.31. The van der Waals surface area contributed by atoms with E-state index in [1.807, 2.05) is 6.92 Å². The van der Waals surface area contributed by atoms with E-state index in [-0.39, 0.29) is 36.8 Å². The maximum absolute atomic E-state index is 12.7. The van der Waals surface area contributed by atoms with Crippen LogP contribution in [-0.4, -0.2) is 59.5 Å². The van der Waals surface area contributed by atoms with Crippen molar-refractivity contribution in [3.05, 3.63) is 39.4 Å². The lowest BCUT2D eigenvalue weighted by molar-refractivity contribution is -0.428. The zero-order valence-electron chi connectivity index (χ0n) is 13.7. The number of carbonyl (C=O) groups is 2. The average molecular weight is 351 g/mol. The minimum atomic E-state index is -0.898. The summed E-state index contributed by atoms with van der Waals surface area (Å²) in [6.07, 6.45) is -0.830. The number of nitrogens with zero attached hydrogens (tertiary/aromatic N) is 3. The van der Waals surface area contributed by atoms with E-state index in [0.29, 0.717) is 0 Å². The number of hydrogen-bond acceptors (Lipinski definition) is 8. The van der Waals surface area contributed by atoms with Crippen molar-refractivity contribution in [1.29, 1.82) is 0 Å². The molecule has 1 saturated heterocycles. The number of benzene rings is 1. The summed E-state index contributed by atoms with van der Waals surface area (Å²) in [7, 11) is 1.54. The van der Waals surface area contributed by atoms with Crippen molar-refractivity contribution < 1.29 is 28.9 Å². The second-order valence-corrected chi connectivity index (χ2v) is 5.68. The number of hydrogen-bond donors (Lipinski definition) is 0. The molecule has 2 atom stereocenters. The van der Waals surface area contributed by atoms with E-state index in [2.05, 4.69) is 0 Å². The van der Waals surface area contributed by atoms with Crippen molar-refractivity contribution in [2.75, 3.05) is 20.3 Å². The van der Waals surface area contributed by atoms with Crippen molar-refractivity contribution in [3.63, 3.8) is 0 Å². The lowest BCUT2D eigenvalue weighted by atomic mass is 10.1. The molecule has 0 spiro atoms. The second kappa shape index (κ2) is 6.84. The third kappa shape index (κ3) is 3.12. The maximum Gasteiger partial charge on any atom is 0.282 e. The van der Waals surface area contributed by atoms with Gasteiger partial charge in [-0.3, -0.25) is 24.5 Å². The van der Waals surface area contributed by atoms with Gasteiger partial charge in [0.2, 0.25) is 0 Å². The summed E-state index contributed by atoms with van der Waals surface area (Å²) in [5, 5.41) is 12.3. The molecule has 0 aliphatic carbocycles. The molecular weight excluding hydrogens is 334 g/mol. The molecule has 1 fully saturated rings. The second-order valence-electron chi connectivity index (χ2n) is 5.68. The monoisotopic (exact) mass is 351 g/mol. The molecule has 0 N–H and O–H groups in total. The van der Waals surface area contributed by atoms with Gasteiger partial charge in [0.1, 0.15) is 5.56 Å². The highest BCUT2D eigenvalue weighted by Crippen LogP contribution is 2.33. The van der Waals surface area contributed by atoms with Gasteiger partial charge in [-0.05, 0) is 13.0 Å². The summed E-state index contributed by atoms with van der Waals surface area (Å²) in [5.41, 5.74) is -0.592. The molecule has 0 bridgehead atoms. The summed E-state index contributed by atoms with van der Waals surface area (Å²) in [6, 6.07) is 3.97. The summed E-state index contributed by atoms with van der Waals surface area (Å²) >= 11 is 0. The molecule has 2 amide bonds. The largest absolute Gasteiger partial charge is 0.380 e. The SMILES string of the molecule is COC(C)CN1OCCC(N2C(=O)c3cccc([N+](=O)[O-])c3C2=O)O1. The molecule has 2 aliphatic rings. The fourth-order valence-corrected chi connectivity index (χ4v) is 2.73. The summed E-state index contributed by atoms with van der Waals surface area (Å²) < 4.78 is 5.12. The van der Waals surface area contributed by atoms with E-state index in [0.717, 1.165) is 4.90 Å². The maximum atomic E-state index is 12.7. The van der Waals surface area contributed by atoms with Crippen molar-refractivity contribution >= 4 is 17.5 Å². The van der Waals surface area contributed by atoms with Gasteiger partial charge in [-0.2, -0.15) is 0 Å². The molecule has 0 aromatic heterocycles. The Hall–Kier alpha value is -2.40. The van der Waals surface area contributed by atoms with Gasteiger partial charge in [-0.15, -0.1) is 0 Å². The Bertz CT molecular complexity index is 723. The van der Waals surface area contributed by atoms with Crippen LogP contribution in [0.4, 0.5) is 5.69 Å². The summed E-state index contributed by atoms with van der Waals surface area (Å²) in [5.74, 6) is -1.35. The van der Waals surface area contributed by atoms with Crippen LogP contribution in [0.1, 0.15) is 34.1 Å². The first-order valence-electron chi connectivity index (χ1n) is 7.69. The molecule has 3 rings (SSSR count). The molecule has 10 nitrogen and oxygen atoms in total. The molecule has 2 heterocycles. The predicted octanol–water partition coefficient (Wildman–Crippen LogP) is 1.12. The first-order chi connectivity index (χ1) is 11.9. The minimum absolute atomic E-state index is 0.00565. The van der Waals surface area contributed by atoms with Gasteiger partial charge < -0.3 is 4.74 Å². The number of amides is 2. The zero-order valence-corrected chi connectivity index (χ0v) is 13.7. The van der Waals surface area contributed by atoms with E-state index in [1.54, 1.807) is 0 Å². The minimum Gasteiger partial charge on any atom is -0.380 e. The van der Waals surface area contributed by atoms with Gasteiger partial charge in [-0.1, -0.05) is 11.3 Å². The lowest BCUT2D eigenvalue weighted by Gasteiger charge is -2.35. The van der Waals surface area contributed by atoms with E-state index in [1.165, 1.54) is 30.5 Å². The topological polar surface area (TPSA) is 111 Å². The van der Waals surface area contributed by atoms with Crippen molar-refractivity contribution in [3.8, 4) is 0 Å². The lowest BCUT2D eigenvalue weighted by Crippen LogP contribution is -2.50. The molecule has 1 aromatic rings. The van der Waals surface area contributed by atoms with Gasteiger partial charge in [-0.25, -0.2) is 9.74 Å². The molecule has 0 saturated carbocycles. The number of methoxy groups -OCH3 is 1. The molecule has 1 aromatic carbocycles.